The fourth-order valence-electron chi connectivity index (χ4n) is 10.8. The number of carbonyl (C=O) groups excluding carboxylic acids is 1. The normalized spacial score (nSPS) is 19.6. The molecular formula is C67H127NO10. The van der Waals surface area contributed by atoms with E-state index in [-0.39, 0.29) is 12.8 Å². The quantitative estimate of drug-likeness (QED) is 0.0215. The van der Waals surface area contributed by atoms with E-state index in [9.17, 15) is 40.5 Å². The Morgan fingerprint density at radius 2 is 0.795 bits per heavy atom. The molecule has 0 aromatic rings. The van der Waals surface area contributed by atoms with Gasteiger partial charge in [0.25, 0.3) is 0 Å². The Bertz CT molecular complexity index is 1360. The van der Waals surface area contributed by atoms with Gasteiger partial charge in [-0.05, 0) is 70.6 Å². The maximum atomic E-state index is 13.2. The third-order valence-corrected chi connectivity index (χ3v) is 16.2. The predicted molar refractivity (Wildman–Crippen MR) is 325 cm³/mol. The van der Waals surface area contributed by atoms with Gasteiger partial charge in [-0.3, -0.25) is 4.79 Å². The lowest BCUT2D eigenvalue weighted by Crippen LogP contribution is -2.60. The zero-order valence-electron chi connectivity index (χ0n) is 50.7. The first-order valence-electron chi connectivity index (χ1n) is 33.4. The topological polar surface area (TPSA) is 189 Å². The summed E-state index contributed by atoms with van der Waals surface area (Å²) in [6, 6.07) is -1.19. The minimum absolute atomic E-state index is 0.253. The summed E-state index contributed by atoms with van der Waals surface area (Å²) in [5, 5.41) is 76.4. The first-order chi connectivity index (χ1) is 38.2. The van der Waals surface area contributed by atoms with Crippen molar-refractivity contribution in [1.29, 1.82) is 0 Å². The summed E-state index contributed by atoms with van der Waals surface area (Å²) in [5.41, 5.74) is 0. The number of rotatable bonds is 58. The lowest BCUT2D eigenvalue weighted by molar-refractivity contribution is -0.303. The Morgan fingerprint density at radius 3 is 1.18 bits per heavy atom. The standard InChI is InChI=1S/C67H127NO10/c1-3-5-7-9-11-13-15-17-19-21-23-25-27-28-29-30-31-33-35-37-39-41-43-45-47-49-51-53-55-60(71)66(76)68-58(57-77-67-65(75)64(74)63(73)61(56-69)78-67)62(72)59(70)54-52-50-48-46-44-42-40-38-36-34-32-26-24-22-20-18-16-14-12-10-8-6-4-2/h23,25,28-29,46,48,58-65,67,69-75H,3-22,24,26-27,30-45,47,49-57H2,1-2H3,(H,68,76)/b25-23-,29-28-,48-46+. The molecule has 11 nitrogen and oxygen atoms in total. The molecule has 1 amide bonds. The second kappa shape index (κ2) is 55.8. The summed E-state index contributed by atoms with van der Waals surface area (Å²) >= 11 is 0. The van der Waals surface area contributed by atoms with Gasteiger partial charge in [0.2, 0.25) is 5.91 Å². The molecule has 9 atom stereocenters. The van der Waals surface area contributed by atoms with E-state index >= 15 is 0 Å². The Morgan fingerprint density at radius 1 is 0.449 bits per heavy atom. The van der Waals surface area contributed by atoms with Crippen molar-refractivity contribution >= 4 is 5.91 Å². The largest absolute Gasteiger partial charge is 0.394 e. The molecule has 0 aliphatic carbocycles. The van der Waals surface area contributed by atoms with E-state index in [0.29, 0.717) is 12.8 Å². The van der Waals surface area contributed by atoms with Crippen LogP contribution in [-0.4, -0.2) is 110 Å². The molecule has 1 fully saturated rings. The van der Waals surface area contributed by atoms with Crippen molar-refractivity contribution in [2.45, 2.75) is 371 Å². The molecule has 0 bridgehead atoms. The lowest BCUT2D eigenvalue weighted by Gasteiger charge is -2.40. The molecule has 1 saturated heterocycles. The maximum absolute atomic E-state index is 13.2. The molecule has 1 rings (SSSR count). The van der Waals surface area contributed by atoms with Crippen molar-refractivity contribution in [3.05, 3.63) is 36.5 Å². The lowest BCUT2D eigenvalue weighted by atomic mass is 9.98. The van der Waals surface area contributed by atoms with Crippen LogP contribution in [-0.2, 0) is 14.3 Å². The van der Waals surface area contributed by atoms with Crippen LogP contribution in [0.2, 0.25) is 0 Å². The predicted octanol–water partition coefficient (Wildman–Crippen LogP) is 15.4. The third kappa shape index (κ3) is 43.1. The number of amides is 1. The number of unbranched alkanes of at least 4 members (excludes halogenated alkanes) is 40. The number of nitrogens with one attached hydrogen (secondary N) is 1. The van der Waals surface area contributed by atoms with Crippen molar-refractivity contribution < 1.29 is 50.0 Å². The minimum Gasteiger partial charge on any atom is -0.394 e. The molecule has 11 heteroatoms. The second-order valence-electron chi connectivity index (χ2n) is 23.5. The van der Waals surface area contributed by atoms with Crippen LogP contribution in [0.1, 0.15) is 316 Å². The summed E-state index contributed by atoms with van der Waals surface area (Å²) < 4.78 is 11.2. The fourth-order valence-corrected chi connectivity index (χ4v) is 10.8. The van der Waals surface area contributed by atoms with Crippen molar-refractivity contribution in [3.8, 4) is 0 Å². The van der Waals surface area contributed by atoms with Crippen molar-refractivity contribution in [2.24, 2.45) is 0 Å². The van der Waals surface area contributed by atoms with E-state index in [1.54, 1.807) is 0 Å². The monoisotopic (exact) mass is 1110 g/mol. The summed E-state index contributed by atoms with van der Waals surface area (Å²) in [6.45, 7) is 3.49. The van der Waals surface area contributed by atoms with Crippen LogP contribution in [0.5, 0.6) is 0 Å². The molecule has 1 aliphatic rings. The minimum atomic E-state index is -1.67. The molecule has 9 unspecified atom stereocenters. The SMILES string of the molecule is CCCCCCCCCCC/C=C\C/C=C\CCCCCCCCCCCCCCC(O)C(=O)NC(COC1OC(CO)C(O)C(O)C1O)C(O)C(O)CCC/C=C/CCCCCCCCCCCCCCCCCCCC. The second-order valence-corrected chi connectivity index (χ2v) is 23.5. The molecular weight excluding hydrogens is 979 g/mol. The van der Waals surface area contributed by atoms with Crippen LogP contribution in [0.4, 0.5) is 0 Å². The number of carbonyl (C=O) groups is 1. The third-order valence-electron chi connectivity index (χ3n) is 16.2. The molecule has 0 radical (unpaired) electrons. The van der Waals surface area contributed by atoms with Gasteiger partial charge in [0, 0.05) is 0 Å². The molecule has 1 aliphatic heterocycles. The van der Waals surface area contributed by atoms with E-state index in [2.05, 4.69) is 55.6 Å². The highest BCUT2D eigenvalue weighted by atomic mass is 16.7. The van der Waals surface area contributed by atoms with Crippen LogP contribution in [0.3, 0.4) is 0 Å². The van der Waals surface area contributed by atoms with E-state index in [0.717, 1.165) is 44.9 Å². The van der Waals surface area contributed by atoms with Gasteiger partial charge < -0.3 is 50.5 Å². The number of ether oxygens (including phenoxy) is 2. The van der Waals surface area contributed by atoms with Gasteiger partial charge in [-0.2, -0.15) is 0 Å². The number of aliphatic hydroxyl groups is 7. The van der Waals surface area contributed by atoms with Crippen LogP contribution in [0.25, 0.3) is 0 Å². The van der Waals surface area contributed by atoms with Gasteiger partial charge in [-0.25, -0.2) is 0 Å². The average Bonchev–Trinajstić information content (AvgIpc) is 3.46. The fraction of sp³-hybridized carbons (Fsp3) is 0.896. The highest BCUT2D eigenvalue weighted by Gasteiger charge is 2.44. The van der Waals surface area contributed by atoms with E-state index in [4.69, 9.17) is 9.47 Å². The van der Waals surface area contributed by atoms with Gasteiger partial charge in [0.15, 0.2) is 6.29 Å². The number of allylic oxidation sites excluding steroid dienone is 6. The van der Waals surface area contributed by atoms with Gasteiger partial charge >= 0.3 is 0 Å². The first-order valence-corrected chi connectivity index (χ1v) is 33.4. The molecule has 460 valence electrons. The molecule has 0 aromatic heterocycles. The highest BCUT2D eigenvalue weighted by Crippen LogP contribution is 2.24. The highest BCUT2D eigenvalue weighted by molar-refractivity contribution is 5.80. The molecule has 0 aromatic carbocycles. The number of hydrogen-bond donors (Lipinski definition) is 8. The summed E-state index contributed by atoms with van der Waals surface area (Å²) in [5.74, 6) is -0.704. The summed E-state index contributed by atoms with van der Waals surface area (Å²) in [7, 11) is 0. The average molecular weight is 1110 g/mol. The van der Waals surface area contributed by atoms with Crippen molar-refractivity contribution in [3.63, 3.8) is 0 Å². The van der Waals surface area contributed by atoms with Gasteiger partial charge in [0.1, 0.15) is 36.6 Å². The molecule has 0 saturated carbocycles. The van der Waals surface area contributed by atoms with Crippen LogP contribution in [0.15, 0.2) is 36.5 Å². The van der Waals surface area contributed by atoms with Crippen LogP contribution in [0, 0.1) is 0 Å². The molecule has 8 N–H and O–H groups in total. The zero-order valence-corrected chi connectivity index (χ0v) is 50.7. The molecule has 0 spiro atoms. The van der Waals surface area contributed by atoms with E-state index in [1.807, 2.05) is 0 Å². The van der Waals surface area contributed by atoms with Crippen molar-refractivity contribution in [1.82, 2.24) is 5.32 Å². The first kappa shape index (κ1) is 74.3. The number of hydrogen-bond acceptors (Lipinski definition) is 10. The maximum Gasteiger partial charge on any atom is 0.249 e. The smallest absolute Gasteiger partial charge is 0.249 e. The summed E-state index contributed by atoms with van der Waals surface area (Å²) in [4.78, 5) is 13.2. The zero-order chi connectivity index (χ0) is 56.8. The van der Waals surface area contributed by atoms with Crippen LogP contribution < -0.4 is 5.32 Å². The Balaban J connectivity index is 2.25. The molecule has 78 heavy (non-hydrogen) atoms. The van der Waals surface area contributed by atoms with Crippen molar-refractivity contribution in [2.75, 3.05) is 13.2 Å². The van der Waals surface area contributed by atoms with Gasteiger partial charge in [0.05, 0.1) is 25.4 Å². The van der Waals surface area contributed by atoms with Gasteiger partial charge in [-0.1, -0.05) is 281 Å². The Hall–Kier alpha value is -1.67. The Kier molecular flexibility index (Phi) is 53.2. The summed E-state index contributed by atoms with van der Waals surface area (Å²) in [6.07, 6.45) is 59.3. The Labute approximate surface area is 479 Å². The van der Waals surface area contributed by atoms with E-state index in [1.165, 1.54) is 231 Å². The molecule has 1 heterocycles. The van der Waals surface area contributed by atoms with Crippen LogP contribution >= 0.6 is 0 Å². The number of aliphatic hydroxyl groups excluding tert-OH is 7. The van der Waals surface area contributed by atoms with Gasteiger partial charge in [-0.15, -0.1) is 0 Å². The van der Waals surface area contributed by atoms with E-state index < -0.39 is 74.2 Å².